The normalized spacial score (nSPS) is 22.7. The minimum absolute atomic E-state index is 0.00279. The highest BCUT2D eigenvalue weighted by atomic mass is 16.7. The highest BCUT2D eigenvalue weighted by Crippen LogP contribution is 2.44. The van der Waals surface area contributed by atoms with Crippen LogP contribution in [0.15, 0.2) is 12.1 Å². The molecule has 132 valence electrons. The highest BCUT2D eigenvalue weighted by Gasteiger charge is 2.39. The quantitative estimate of drug-likeness (QED) is 0.773. The summed E-state index contributed by atoms with van der Waals surface area (Å²) < 4.78 is 10.9. The fourth-order valence-corrected chi connectivity index (χ4v) is 4.01. The largest absolute Gasteiger partial charge is 0.493 e. The summed E-state index contributed by atoms with van der Waals surface area (Å²) in [5.41, 5.74) is 2.43. The van der Waals surface area contributed by atoms with Gasteiger partial charge in [-0.2, -0.15) is 0 Å². The lowest BCUT2D eigenvalue weighted by atomic mass is 9.81. The number of rotatable bonds is 5. The molecule has 0 bridgehead atoms. The molecule has 6 heteroatoms. The third kappa shape index (κ3) is 2.96. The molecule has 0 unspecified atom stereocenters. The summed E-state index contributed by atoms with van der Waals surface area (Å²) in [6.07, 6.45) is 2.74. The van der Waals surface area contributed by atoms with Crippen LogP contribution in [0.3, 0.4) is 0 Å². The number of hydroxylamine groups is 2. The van der Waals surface area contributed by atoms with Crippen LogP contribution in [-0.2, 0) is 16.2 Å². The molecule has 1 aromatic carbocycles. The van der Waals surface area contributed by atoms with Crippen molar-refractivity contribution in [2.45, 2.75) is 37.8 Å². The van der Waals surface area contributed by atoms with Crippen LogP contribution in [0.1, 0.15) is 36.3 Å². The van der Waals surface area contributed by atoms with Gasteiger partial charge in [0.05, 0.1) is 21.3 Å². The topological polar surface area (TPSA) is 51.2 Å². The van der Waals surface area contributed by atoms with Crippen molar-refractivity contribution in [1.82, 2.24) is 9.96 Å². The summed E-state index contributed by atoms with van der Waals surface area (Å²) in [5, 5.41) is 1.31. The monoisotopic (exact) mass is 334 g/mol. The molecule has 24 heavy (non-hydrogen) atoms. The molecule has 1 amide bonds. The van der Waals surface area contributed by atoms with Crippen LogP contribution >= 0.6 is 0 Å². The summed E-state index contributed by atoms with van der Waals surface area (Å²) in [5.74, 6) is 1.62. The maximum absolute atomic E-state index is 12.4. The Morgan fingerprint density at radius 1 is 1.25 bits per heavy atom. The zero-order valence-corrected chi connectivity index (χ0v) is 14.9. The van der Waals surface area contributed by atoms with E-state index in [1.54, 1.807) is 21.3 Å². The summed E-state index contributed by atoms with van der Waals surface area (Å²) in [7, 11) is 6.48. The van der Waals surface area contributed by atoms with Crippen LogP contribution in [0, 0.1) is 0 Å². The molecule has 0 aliphatic carbocycles. The second-order valence-electron chi connectivity index (χ2n) is 6.47. The van der Waals surface area contributed by atoms with Crippen LogP contribution in [0.25, 0.3) is 0 Å². The second-order valence-corrected chi connectivity index (χ2v) is 6.47. The van der Waals surface area contributed by atoms with E-state index in [4.69, 9.17) is 14.3 Å². The fourth-order valence-electron chi connectivity index (χ4n) is 4.01. The Labute approximate surface area is 143 Å². The summed E-state index contributed by atoms with van der Waals surface area (Å²) in [6, 6.07) is 4.51. The molecule has 1 saturated heterocycles. The maximum atomic E-state index is 12.4. The third-order valence-electron chi connectivity index (χ3n) is 5.32. The zero-order chi connectivity index (χ0) is 17.3. The van der Waals surface area contributed by atoms with E-state index in [1.165, 1.54) is 29.7 Å². The van der Waals surface area contributed by atoms with Gasteiger partial charge in [-0.25, -0.2) is 5.06 Å². The van der Waals surface area contributed by atoms with Gasteiger partial charge in [0.2, 0.25) is 5.91 Å². The van der Waals surface area contributed by atoms with Gasteiger partial charge >= 0.3 is 0 Å². The predicted octanol–water partition coefficient (Wildman–Crippen LogP) is 2.18. The number of fused-ring (bicyclic) bond motifs is 2. The van der Waals surface area contributed by atoms with E-state index in [0.29, 0.717) is 12.5 Å². The molecular weight excluding hydrogens is 308 g/mol. The molecule has 1 aromatic rings. The SMILES string of the molecule is COc1cc2c(cc1OC)[C@@H](CC(=O)N(C)OC)[C@@H]1CCCN1C2. The van der Waals surface area contributed by atoms with Crippen LogP contribution in [0.4, 0.5) is 0 Å². The van der Waals surface area contributed by atoms with Gasteiger partial charge < -0.3 is 9.47 Å². The Morgan fingerprint density at radius 3 is 2.62 bits per heavy atom. The number of carbonyl (C=O) groups excluding carboxylic acids is 1. The number of nitrogens with zero attached hydrogens (tertiary/aromatic N) is 2. The molecule has 0 radical (unpaired) electrons. The van der Waals surface area contributed by atoms with Crippen molar-refractivity contribution in [3.05, 3.63) is 23.3 Å². The van der Waals surface area contributed by atoms with Crippen molar-refractivity contribution in [1.29, 1.82) is 0 Å². The average Bonchev–Trinajstić information content (AvgIpc) is 3.07. The van der Waals surface area contributed by atoms with Gasteiger partial charge in [0.25, 0.3) is 0 Å². The summed E-state index contributed by atoms with van der Waals surface area (Å²) in [4.78, 5) is 20.0. The van der Waals surface area contributed by atoms with Gasteiger partial charge in [0, 0.05) is 32.0 Å². The van der Waals surface area contributed by atoms with Crippen LogP contribution in [-0.4, -0.2) is 56.8 Å². The number of carbonyl (C=O) groups is 1. The van der Waals surface area contributed by atoms with Crippen LogP contribution in [0.5, 0.6) is 11.5 Å². The minimum atomic E-state index is -0.00279. The van der Waals surface area contributed by atoms with E-state index in [-0.39, 0.29) is 11.8 Å². The Hall–Kier alpha value is -1.79. The molecule has 3 rings (SSSR count). The lowest BCUT2D eigenvalue weighted by Crippen LogP contribution is -2.41. The fraction of sp³-hybridized carbons (Fsp3) is 0.611. The summed E-state index contributed by atoms with van der Waals surface area (Å²) in [6.45, 7) is 1.99. The number of hydrogen-bond acceptors (Lipinski definition) is 5. The number of hydrogen-bond donors (Lipinski definition) is 0. The molecule has 1 fully saturated rings. The number of methoxy groups -OCH3 is 2. The van der Waals surface area contributed by atoms with E-state index in [0.717, 1.165) is 31.0 Å². The first-order chi connectivity index (χ1) is 11.6. The van der Waals surface area contributed by atoms with Gasteiger partial charge in [-0.1, -0.05) is 0 Å². The van der Waals surface area contributed by atoms with Gasteiger partial charge in [-0.05, 0) is 42.6 Å². The van der Waals surface area contributed by atoms with Gasteiger partial charge in [-0.3, -0.25) is 14.5 Å². The Bertz CT molecular complexity index is 619. The Balaban J connectivity index is 1.98. The molecule has 2 aliphatic heterocycles. The van der Waals surface area contributed by atoms with Gasteiger partial charge in [-0.15, -0.1) is 0 Å². The number of amides is 1. The average molecular weight is 334 g/mol. The molecule has 2 aliphatic rings. The summed E-state index contributed by atoms with van der Waals surface area (Å²) >= 11 is 0. The van der Waals surface area contributed by atoms with Crippen molar-refractivity contribution >= 4 is 5.91 Å². The van der Waals surface area contributed by atoms with Crippen LogP contribution in [0.2, 0.25) is 0 Å². The van der Waals surface area contributed by atoms with E-state index < -0.39 is 0 Å². The van der Waals surface area contributed by atoms with Crippen molar-refractivity contribution in [3.8, 4) is 11.5 Å². The van der Waals surface area contributed by atoms with Crippen molar-refractivity contribution in [3.63, 3.8) is 0 Å². The van der Waals surface area contributed by atoms with E-state index >= 15 is 0 Å². The molecule has 0 N–H and O–H groups in total. The smallest absolute Gasteiger partial charge is 0.246 e. The first kappa shape index (κ1) is 17.0. The van der Waals surface area contributed by atoms with Crippen molar-refractivity contribution in [2.24, 2.45) is 0 Å². The maximum Gasteiger partial charge on any atom is 0.246 e. The van der Waals surface area contributed by atoms with Crippen LogP contribution < -0.4 is 9.47 Å². The molecule has 2 atom stereocenters. The standard InChI is InChI=1S/C18H26N2O4/c1-19(24-4)18(21)10-14-13-9-17(23-3)16(22-2)8-12(13)11-20-7-5-6-15(14)20/h8-9,14-15H,5-7,10-11H2,1-4H3/t14-,15+/m1/s1. The molecule has 0 saturated carbocycles. The Morgan fingerprint density at radius 2 is 1.96 bits per heavy atom. The predicted molar refractivity (Wildman–Crippen MR) is 90.1 cm³/mol. The molecule has 2 heterocycles. The molecule has 6 nitrogen and oxygen atoms in total. The number of ether oxygens (including phenoxy) is 2. The molecular formula is C18H26N2O4. The second kappa shape index (κ2) is 6.99. The third-order valence-corrected chi connectivity index (χ3v) is 5.32. The van der Waals surface area contributed by atoms with Gasteiger partial charge in [0.15, 0.2) is 11.5 Å². The van der Waals surface area contributed by atoms with E-state index in [2.05, 4.69) is 17.0 Å². The highest BCUT2D eigenvalue weighted by molar-refractivity contribution is 5.76. The molecule has 0 aromatic heterocycles. The lowest BCUT2D eigenvalue weighted by Gasteiger charge is -2.39. The lowest BCUT2D eigenvalue weighted by molar-refractivity contribution is -0.169. The number of benzene rings is 1. The van der Waals surface area contributed by atoms with Crippen molar-refractivity contribution in [2.75, 3.05) is 34.9 Å². The first-order valence-corrected chi connectivity index (χ1v) is 8.38. The minimum Gasteiger partial charge on any atom is -0.493 e. The van der Waals surface area contributed by atoms with E-state index in [1.807, 2.05) is 0 Å². The van der Waals surface area contributed by atoms with Gasteiger partial charge in [0.1, 0.15) is 0 Å². The molecule has 0 spiro atoms. The van der Waals surface area contributed by atoms with Crippen molar-refractivity contribution < 1.29 is 19.1 Å². The van der Waals surface area contributed by atoms with E-state index in [9.17, 15) is 4.79 Å². The Kier molecular flexibility index (Phi) is 4.96. The first-order valence-electron chi connectivity index (χ1n) is 8.38. The zero-order valence-electron chi connectivity index (χ0n) is 14.9.